The number of allylic oxidation sites excluding steroid dienone is 5. The number of hydrogen-bond donors (Lipinski definition) is 1. The van der Waals surface area contributed by atoms with Gasteiger partial charge in [-0.3, -0.25) is 0 Å². The van der Waals surface area contributed by atoms with E-state index in [1.165, 1.54) is 0 Å². The molecule has 0 heterocycles. The van der Waals surface area contributed by atoms with Crippen LogP contribution in [-0.2, 0) is 15.3 Å². The van der Waals surface area contributed by atoms with Crippen molar-refractivity contribution in [1.82, 2.24) is 0 Å². The van der Waals surface area contributed by atoms with Gasteiger partial charge in [0.05, 0.1) is 9.79 Å². The number of phenolic OH excluding ortho intramolecular Hbond substituents is 1. The Bertz CT molecular complexity index is 1350. The molecule has 4 nitrogen and oxygen atoms in total. The van der Waals surface area contributed by atoms with E-state index in [0.717, 1.165) is 23.1 Å². The van der Waals surface area contributed by atoms with E-state index in [-0.39, 0.29) is 21.0 Å². The van der Waals surface area contributed by atoms with Crippen molar-refractivity contribution in [2.75, 3.05) is 0 Å². The van der Waals surface area contributed by atoms with Crippen LogP contribution in [0.1, 0.15) is 38.3 Å². The molecule has 0 saturated heterocycles. The molecule has 0 bridgehead atoms. The Labute approximate surface area is 201 Å². The van der Waals surface area contributed by atoms with Crippen molar-refractivity contribution >= 4 is 15.4 Å². The maximum absolute atomic E-state index is 13.0. The van der Waals surface area contributed by atoms with E-state index in [1.54, 1.807) is 48.5 Å². The van der Waals surface area contributed by atoms with Crippen molar-refractivity contribution in [2.24, 2.45) is 0 Å². The first kappa shape index (κ1) is 23.6. The van der Waals surface area contributed by atoms with E-state index in [1.807, 2.05) is 48.6 Å². The van der Waals surface area contributed by atoms with Crippen LogP contribution in [0.4, 0.5) is 0 Å². The standard InChI is InChI=1S/C29H28O4S/c1-29(2,3)23-10-17-27(18-11-23)34(31,32)28-19-15-26(16-20-28)33-25-6-4-5-21(9-14-25)22-7-12-24(30)13-8-22/h4,6-20,30H,5H2,1-3H3. The van der Waals surface area contributed by atoms with Crippen LogP contribution in [0.3, 0.4) is 0 Å². The second-order valence-electron chi connectivity index (χ2n) is 9.27. The van der Waals surface area contributed by atoms with Crippen LogP contribution in [0.5, 0.6) is 11.5 Å². The molecule has 0 aromatic heterocycles. The van der Waals surface area contributed by atoms with E-state index in [2.05, 4.69) is 20.8 Å². The van der Waals surface area contributed by atoms with Gasteiger partial charge in [0.1, 0.15) is 17.3 Å². The lowest BCUT2D eigenvalue weighted by Gasteiger charge is -2.19. The topological polar surface area (TPSA) is 63.6 Å². The van der Waals surface area contributed by atoms with Crippen LogP contribution in [-0.4, -0.2) is 13.5 Å². The number of sulfone groups is 1. The smallest absolute Gasteiger partial charge is 0.206 e. The molecule has 0 amide bonds. The average molecular weight is 473 g/mol. The van der Waals surface area contributed by atoms with Crippen molar-refractivity contribution in [2.45, 2.75) is 42.4 Å². The van der Waals surface area contributed by atoms with Gasteiger partial charge >= 0.3 is 0 Å². The van der Waals surface area contributed by atoms with Crippen molar-refractivity contribution in [3.8, 4) is 11.5 Å². The minimum Gasteiger partial charge on any atom is -0.508 e. The van der Waals surface area contributed by atoms with Crippen LogP contribution in [0.2, 0.25) is 0 Å². The van der Waals surface area contributed by atoms with Gasteiger partial charge < -0.3 is 9.84 Å². The van der Waals surface area contributed by atoms with Crippen LogP contribution in [0.15, 0.2) is 113 Å². The fourth-order valence-electron chi connectivity index (χ4n) is 3.66. The zero-order valence-corrected chi connectivity index (χ0v) is 20.3. The summed E-state index contributed by atoms with van der Waals surface area (Å²) in [5.74, 6) is 1.45. The third-order valence-corrected chi connectivity index (χ3v) is 7.49. The molecule has 4 rings (SSSR count). The average Bonchev–Trinajstić information content (AvgIpc) is 3.05. The summed E-state index contributed by atoms with van der Waals surface area (Å²) >= 11 is 0. The predicted molar refractivity (Wildman–Crippen MR) is 136 cm³/mol. The van der Waals surface area contributed by atoms with Gasteiger partial charge in [-0.25, -0.2) is 8.42 Å². The van der Waals surface area contributed by atoms with Crippen molar-refractivity contribution in [3.05, 3.63) is 114 Å². The normalized spacial score (nSPS) is 14.2. The zero-order valence-electron chi connectivity index (χ0n) is 19.5. The molecule has 3 aromatic rings. The highest BCUT2D eigenvalue weighted by atomic mass is 32.2. The predicted octanol–water partition coefficient (Wildman–Crippen LogP) is 6.83. The molecule has 0 atom stereocenters. The summed E-state index contributed by atoms with van der Waals surface area (Å²) in [6.07, 6.45) is 8.51. The second-order valence-corrected chi connectivity index (χ2v) is 11.2. The van der Waals surface area contributed by atoms with Gasteiger partial charge in [-0.05, 0) is 89.2 Å². The number of phenols is 1. The maximum atomic E-state index is 13.0. The first-order chi connectivity index (χ1) is 16.1. The monoisotopic (exact) mass is 472 g/mol. The molecule has 0 saturated carbocycles. The summed E-state index contributed by atoms with van der Waals surface area (Å²) in [4.78, 5) is 0.499. The zero-order chi connectivity index (χ0) is 24.3. The summed E-state index contributed by atoms with van der Waals surface area (Å²) in [7, 11) is -3.61. The van der Waals surface area contributed by atoms with Crippen molar-refractivity contribution in [1.29, 1.82) is 0 Å². The van der Waals surface area contributed by atoms with Gasteiger partial charge in [0, 0.05) is 0 Å². The number of aromatic hydroxyl groups is 1. The first-order valence-electron chi connectivity index (χ1n) is 11.1. The summed E-state index contributed by atoms with van der Waals surface area (Å²) in [6.45, 7) is 6.29. The highest BCUT2D eigenvalue weighted by Crippen LogP contribution is 2.28. The highest BCUT2D eigenvalue weighted by molar-refractivity contribution is 7.91. The first-order valence-corrected chi connectivity index (χ1v) is 12.6. The lowest BCUT2D eigenvalue weighted by molar-refractivity contribution is 0.444. The molecule has 0 spiro atoms. The van der Waals surface area contributed by atoms with E-state index in [4.69, 9.17) is 4.74 Å². The Morgan fingerprint density at radius 2 is 1.38 bits per heavy atom. The fourth-order valence-corrected chi connectivity index (χ4v) is 4.92. The van der Waals surface area contributed by atoms with Crippen LogP contribution in [0.25, 0.3) is 5.57 Å². The second kappa shape index (κ2) is 9.35. The molecule has 0 fully saturated rings. The summed E-state index contributed by atoms with van der Waals surface area (Å²) in [5, 5.41) is 9.49. The lowest BCUT2D eigenvalue weighted by Crippen LogP contribution is -2.11. The van der Waals surface area contributed by atoms with Crippen LogP contribution < -0.4 is 4.74 Å². The molecule has 1 N–H and O–H groups in total. The molecular weight excluding hydrogens is 444 g/mol. The molecule has 0 radical (unpaired) electrons. The third-order valence-electron chi connectivity index (χ3n) is 5.71. The quantitative estimate of drug-likeness (QED) is 0.442. The Morgan fingerprint density at radius 1 is 0.794 bits per heavy atom. The molecule has 174 valence electrons. The van der Waals surface area contributed by atoms with Crippen molar-refractivity contribution in [3.63, 3.8) is 0 Å². The van der Waals surface area contributed by atoms with Gasteiger partial charge in [0.15, 0.2) is 0 Å². The molecule has 3 aromatic carbocycles. The number of ether oxygens (including phenoxy) is 1. The molecular formula is C29H28O4S. The Morgan fingerprint density at radius 3 is 1.97 bits per heavy atom. The van der Waals surface area contributed by atoms with Crippen molar-refractivity contribution < 1.29 is 18.3 Å². The van der Waals surface area contributed by atoms with Gasteiger partial charge in [-0.2, -0.15) is 0 Å². The van der Waals surface area contributed by atoms with Crippen LogP contribution >= 0.6 is 0 Å². The molecule has 5 heteroatoms. The number of hydrogen-bond acceptors (Lipinski definition) is 4. The van der Waals surface area contributed by atoms with Gasteiger partial charge in [-0.15, -0.1) is 0 Å². The molecule has 1 aliphatic carbocycles. The summed E-state index contributed by atoms with van der Waals surface area (Å²) in [5.41, 5.74) is 3.18. The molecule has 34 heavy (non-hydrogen) atoms. The van der Waals surface area contributed by atoms with Crippen LogP contribution in [0, 0.1) is 0 Å². The van der Waals surface area contributed by atoms with E-state index >= 15 is 0 Å². The number of benzene rings is 3. The van der Waals surface area contributed by atoms with E-state index in [0.29, 0.717) is 11.5 Å². The SMILES string of the molecule is CC(C)(C)c1ccc(S(=O)(=O)c2ccc(OC3=CC=C(c4ccc(O)cc4)CC=C3)cc2)cc1. The molecule has 0 unspecified atom stereocenters. The van der Waals surface area contributed by atoms with Gasteiger partial charge in [0.25, 0.3) is 0 Å². The number of rotatable bonds is 5. The molecule has 0 aliphatic heterocycles. The third kappa shape index (κ3) is 5.32. The van der Waals surface area contributed by atoms with Gasteiger partial charge in [-0.1, -0.05) is 57.2 Å². The Kier molecular flexibility index (Phi) is 6.49. The minimum atomic E-state index is -3.61. The Balaban J connectivity index is 1.50. The van der Waals surface area contributed by atoms with E-state index in [9.17, 15) is 13.5 Å². The highest BCUT2D eigenvalue weighted by Gasteiger charge is 2.20. The largest absolute Gasteiger partial charge is 0.508 e. The van der Waals surface area contributed by atoms with Gasteiger partial charge in [0.2, 0.25) is 9.84 Å². The molecule has 1 aliphatic rings. The lowest BCUT2D eigenvalue weighted by atomic mass is 9.87. The maximum Gasteiger partial charge on any atom is 0.206 e. The Hall–Kier alpha value is -3.57. The summed E-state index contributed by atoms with van der Waals surface area (Å²) < 4.78 is 32.1. The fraction of sp³-hybridized carbons (Fsp3) is 0.172. The summed E-state index contributed by atoms with van der Waals surface area (Å²) in [6, 6.07) is 20.6. The van der Waals surface area contributed by atoms with E-state index < -0.39 is 9.84 Å². The minimum absolute atomic E-state index is 0.0393.